The Labute approximate surface area is 220 Å². The Balaban J connectivity index is 1.99. The molecule has 3 aromatic rings. The molecular formula is C24H19BrFIN2O4S. The number of halogens is 3. The minimum Gasteiger partial charge on any atom is -0.495 e. The van der Waals surface area contributed by atoms with E-state index >= 15 is 0 Å². The maximum absolute atomic E-state index is 13.7. The van der Waals surface area contributed by atoms with Gasteiger partial charge in [-0.25, -0.2) is 14.2 Å². The van der Waals surface area contributed by atoms with Crippen LogP contribution in [0, 0.1) is 9.39 Å². The van der Waals surface area contributed by atoms with Crippen molar-refractivity contribution in [2.75, 3.05) is 13.7 Å². The van der Waals surface area contributed by atoms with E-state index in [2.05, 4.69) is 43.5 Å². The van der Waals surface area contributed by atoms with Crippen molar-refractivity contribution in [3.05, 3.63) is 92.3 Å². The Hall–Kier alpha value is -2.31. The lowest BCUT2D eigenvalue weighted by Crippen LogP contribution is -2.39. The van der Waals surface area contributed by atoms with Crippen molar-refractivity contribution in [3.63, 3.8) is 0 Å². The molecule has 0 saturated carbocycles. The fourth-order valence-electron chi connectivity index (χ4n) is 3.80. The zero-order valence-corrected chi connectivity index (χ0v) is 23.0. The summed E-state index contributed by atoms with van der Waals surface area (Å²) in [5.74, 6) is -0.324. The summed E-state index contributed by atoms with van der Waals surface area (Å²) in [5.41, 5.74) is 1.70. The van der Waals surface area contributed by atoms with E-state index < -0.39 is 17.8 Å². The van der Waals surface area contributed by atoms with Gasteiger partial charge in [0.05, 0.1) is 39.1 Å². The lowest BCUT2D eigenvalue weighted by Gasteiger charge is -2.24. The minimum atomic E-state index is -0.789. The molecule has 0 amide bonds. The second kappa shape index (κ2) is 10.1. The van der Waals surface area contributed by atoms with Gasteiger partial charge in [-0.15, -0.1) is 0 Å². The zero-order chi connectivity index (χ0) is 24.6. The van der Waals surface area contributed by atoms with E-state index in [0.29, 0.717) is 26.3 Å². The molecule has 0 N–H and O–H groups in total. The molecule has 1 aliphatic rings. The SMILES string of the molecule is CCOC(=O)C1=C(C)N=c2s/c(=C\c3cc(Br)cc(I)c3OC)c(=O)n2[C@H]1c1ccc(F)cc1. The van der Waals surface area contributed by atoms with Crippen molar-refractivity contribution in [1.82, 2.24) is 4.57 Å². The fraction of sp³-hybridized carbons (Fsp3) is 0.208. The number of methoxy groups -OCH3 is 1. The van der Waals surface area contributed by atoms with E-state index in [4.69, 9.17) is 9.47 Å². The number of fused-ring (bicyclic) bond motifs is 1. The molecule has 2 heterocycles. The highest BCUT2D eigenvalue weighted by Crippen LogP contribution is 2.32. The molecular weight excluding hydrogens is 638 g/mol. The van der Waals surface area contributed by atoms with Crippen molar-refractivity contribution in [1.29, 1.82) is 0 Å². The first-order chi connectivity index (χ1) is 16.2. The highest BCUT2D eigenvalue weighted by atomic mass is 127. The standard InChI is InChI=1S/C24H19BrFIN2O4S/c1-4-33-23(31)19-12(2)28-24-29(20(19)13-5-7-16(26)8-6-13)22(30)18(34-24)10-14-9-15(25)11-17(27)21(14)32-3/h5-11,20H,4H2,1-3H3/b18-10-/t20-/m0/s1. The summed E-state index contributed by atoms with van der Waals surface area (Å²) in [4.78, 5) is 31.5. The Kier molecular flexibility index (Phi) is 7.39. The molecule has 1 atom stereocenters. The minimum absolute atomic E-state index is 0.178. The number of rotatable bonds is 5. The van der Waals surface area contributed by atoms with Crippen LogP contribution >= 0.6 is 49.9 Å². The molecule has 6 nitrogen and oxygen atoms in total. The number of carbonyl (C=O) groups excluding carboxylic acids is 1. The lowest BCUT2D eigenvalue weighted by atomic mass is 9.96. The van der Waals surface area contributed by atoms with E-state index in [-0.39, 0.29) is 17.7 Å². The third-order valence-corrected chi connectivity index (χ3v) is 7.47. The van der Waals surface area contributed by atoms with E-state index in [1.807, 2.05) is 12.1 Å². The molecule has 10 heteroatoms. The second-order valence-corrected chi connectivity index (χ2v) is 10.5. The van der Waals surface area contributed by atoms with Crippen molar-refractivity contribution < 1.29 is 18.7 Å². The number of carbonyl (C=O) groups is 1. The lowest BCUT2D eigenvalue weighted by molar-refractivity contribution is -0.139. The van der Waals surface area contributed by atoms with Gasteiger partial charge in [-0.1, -0.05) is 39.4 Å². The highest BCUT2D eigenvalue weighted by Gasteiger charge is 2.33. The maximum atomic E-state index is 13.7. The molecule has 0 fully saturated rings. The fourth-order valence-corrected chi connectivity index (χ4v) is 6.60. The van der Waals surface area contributed by atoms with Gasteiger partial charge in [0, 0.05) is 10.0 Å². The monoisotopic (exact) mass is 656 g/mol. The molecule has 0 unspecified atom stereocenters. The summed E-state index contributed by atoms with van der Waals surface area (Å²) in [6.45, 7) is 3.60. The normalized spacial score (nSPS) is 15.7. The summed E-state index contributed by atoms with van der Waals surface area (Å²) in [7, 11) is 1.58. The third kappa shape index (κ3) is 4.63. The third-order valence-electron chi connectivity index (χ3n) is 5.23. The number of esters is 1. The van der Waals surface area contributed by atoms with Gasteiger partial charge in [0.1, 0.15) is 11.6 Å². The number of hydrogen-bond donors (Lipinski definition) is 0. The molecule has 0 bridgehead atoms. The van der Waals surface area contributed by atoms with Crippen LogP contribution in [-0.4, -0.2) is 24.3 Å². The molecule has 176 valence electrons. The van der Waals surface area contributed by atoms with Gasteiger partial charge < -0.3 is 9.47 Å². The quantitative estimate of drug-likeness (QED) is 0.303. The average molecular weight is 657 g/mol. The van der Waals surface area contributed by atoms with Crippen LogP contribution in [0.4, 0.5) is 4.39 Å². The molecule has 1 aromatic heterocycles. The predicted octanol–water partition coefficient (Wildman–Crippen LogP) is 4.31. The molecule has 2 aromatic carbocycles. The molecule has 4 rings (SSSR count). The second-order valence-electron chi connectivity index (χ2n) is 7.36. The number of allylic oxidation sites excluding steroid dienone is 1. The predicted molar refractivity (Wildman–Crippen MR) is 140 cm³/mol. The maximum Gasteiger partial charge on any atom is 0.338 e. The first-order valence-corrected chi connectivity index (χ1v) is 12.9. The zero-order valence-electron chi connectivity index (χ0n) is 18.4. The molecule has 34 heavy (non-hydrogen) atoms. The van der Waals surface area contributed by atoms with Crippen LogP contribution in [0.2, 0.25) is 0 Å². The number of nitrogens with zero attached hydrogens (tertiary/aromatic N) is 2. The van der Waals surface area contributed by atoms with Crippen molar-refractivity contribution >= 4 is 61.9 Å². The van der Waals surface area contributed by atoms with Crippen LogP contribution in [0.3, 0.4) is 0 Å². The Bertz CT molecular complexity index is 1490. The molecule has 1 aliphatic heterocycles. The van der Waals surface area contributed by atoms with E-state index in [1.165, 1.54) is 28.0 Å². The van der Waals surface area contributed by atoms with Crippen molar-refractivity contribution in [2.45, 2.75) is 19.9 Å². The van der Waals surface area contributed by atoms with Crippen LogP contribution in [-0.2, 0) is 9.53 Å². The van der Waals surface area contributed by atoms with Gasteiger partial charge in [0.25, 0.3) is 5.56 Å². The number of benzene rings is 2. The first-order valence-electron chi connectivity index (χ1n) is 10.2. The highest BCUT2D eigenvalue weighted by molar-refractivity contribution is 14.1. The average Bonchev–Trinajstić information content (AvgIpc) is 3.08. The van der Waals surface area contributed by atoms with Gasteiger partial charge in [0.15, 0.2) is 4.80 Å². The van der Waals surface area contributed by atoms with Crippen LogP contribution in [0.15, 0.2) is 61.9 Å². The topological polar surface area (TPSA) is 69.9 Å². The summed E-state index contributed by atoms with van der Waals surface area (Å²) in [6.07, 6.45) is 1.75. The number of aromatic nitrogens is 1. The summed E-state index contributed by atoms with van der Waals surface area (Å²) < 4.78 is 28.1. The van der Waals surface area contributed by atoms with E-state index in [0.717, 1.165) is 13.6 Å². The molecule has 0 saturated heterocycles. The molecule has 0 radical (unpaired) electrons. The van der Waals surface area contributed by atoms with Crippen LogP contribution in [0.1, 0.15) is 31.0 Å². The van der Waals surface area contributed by atoms with Crippen molar-refractivity contribution in [2.24, 2.45) is 4.99 Å². The van der Waals surface area contributed by atoms with Gasteiger partial charge >= 0.3 is 5.97 Å². The van der Waals surface area contributed by atoms with Crippen LogP contribution in [0.5, 0.6) is 5.75 Å². The van der Waals surface area contributed by atoms with Gasteiger partial charge in [-0.2, -0.15) is 0 Å². The van der Waals surface area contributed by atoms with E-state index in [9.17, 15) is 14.0 Å². The summed E-state index contributed by atoms with van der Waals surface area (Å²) in [6, 6.07) is 8.73. The van der Waals surface area contributed by atoms with Gasteiger partial charge in [0.2, 0.25) is 0 Å². The number of ether oxygens (including phenoxy) is 2. The largest absolute Gasteiger partial charge is 0.495 e. The Morgan fingerprint density at radius 2 is 2.03 bits per heavy atom. The van der Waals surface area contributed by atoms with Crippen LogP contribution in [0.25, 0.3) is 6.08 Å². The molecule has 0 spiro atoms. The number of hydrogen-bond acceptors (Lipinski definition) is 6. The Morgan fingerprint density at radius 1 is 1.32 bits per heavy atom. The number of thiazole rings is 1. The Morgan fingerprint density at radius 3 is 2.68 bits per heavy atom. The summed E-state index contributed by atoms with van der Waals surface area (Å²) >= 11 is 6.88. The first kappa shape index (κ1) is 24.8. The van der Waals surface area contributed by atoms with Gasteiger partial charge in [-0.05, 0) is 72.3 Å². The van der Waals surface area contributed by atoms with Crippen molar-refractivity contribution in [3.8, 4) is 5.75 Å². The van der Waals surface area contributed by atoms with Gasteiger partial charge in [-0.3, -0.25) is 9.36 Å². The van der Waals surface area contributed by atoms with E-state index in [1.54, 1.807) is 39.2 Å². The molecule has 0 aliphatic carbocycles. The smallest absolute Gasteiger partial charge is 0.338 e. The summed E-state index contributed by atoms with van der Waals surface area (Å²) in [5, 5.41) is 0. The van der Waals surface area contributed by atoms with Crippen LogP contribution < -0.4 is 19.6 Å².